The van der Waals surface area contributed by atoms with E-state index in [-0.39, 0.29) is 11.8 Å². The van der Waals surface area contributed by atoms with Crippen molar-refractivity contribution in [1.29, 1.82) is 5.26 Å². The van der Waals surface area contributed by atoms with Gasteiger partial charge in [0.1, 0.15) is 0 Å². The van der Waals surface area contributed by atoms with Crippen LogP contribution in [0.15, 0.2) is 88.7 Å². The number of likely N-dealkylation sites (tertiary alicyclic amines) is 1. The monoisotopic (exact) mass is 427 g/mol. The van der Waals surface area contributed by atoms with Gasteiger partial charge in [-0.25, -0.2) is 0 Å². The zero-order valence-electron chi connectivity index (χ0n) is 17.7. The summed E-state index contributed by atoms with van der Waals surface area (Å²) in [5.41, 5.74) is 2.43. The van der Waals surface area contributed by atoms with Crippen molar-refractivity contribution in [3.8, 4) is 17.3 Å². The Hall–Kier alpha value is -3.23. The molecule has 0 radical (unpaired) electrons. The molecule has 2 atom stereocenters. The second kappa shape index (κ2) is 8.87. The number of carbonyl (C=O) groups is 1. The molecule has 4 rings (SSSR count). The summed E-state index contributed by atoms with van der Waals surface area (Å²) in [6.45, 7) is 5.29. The second-order valence-electron chi connectivity index (χ2n) is 8.24. The Morgan fingerprint density at radius 1 is 1.06 bits per heavy atom. The summed E-state index contributed by atoms with van der Waals surface area (Å²) in [5.74, 6) is 0.102. The normalized spacial score (nSPS) is 20.3. The quantitative estimate of drug-likeness (QED) is 0.552. The van der Waals surface area contributed by atoms with Crippen LogP contribution in [0.1, 0.15) is 24.2 Å². The Morgan fingerprint density at radius 2 is 1.74 bits per heavy atom. The molecule has 0 aromatic heterocycles. The topological polar surface area (TPSA) is 56.1 Å². The maximum Gasteiger partial charge on any atom is 0.251 e. The third-order valence-electron chi connectivity index (χ3n) is 5.96. The van der Waals surface area contributed by atoms with Crippen molar-refractivity contribution in [3.05, 3.63) is 84.4 Å². The Labute approximate surface area is 187 Å². The molecule has 1 saturated heterocycles. The van der Waals surface area contributed by atoms with Crippen LogP contribution < -0.4 is 5.32 Å². The Kier molecular flexibility index (Phi) is 6.01. The van der Waals surface area contributed by atoms with E-state index in [1.165, 1.54) is 9.79 Å². The van der Waals surface area contributed by atoms with Gasteiger partial charge < -0.3 is 10.2 Å². The van der Waals surface area contributed by atoms with Gasteiger partial charge in [-0.1, -0.05) is 67.2 Å². The van der Waals surface area contributed by atoms with E-state index >= 15 is 0 Å². The van der Waals surface area contributed by atoms with Crippen molar-refractivity contribution in [2.45, 2.75) is 29.2 Å². The summed E-state index contributed by atoms with van der Waals surface area (Å²) in [5, 5.41) is 12.3. The fourth-order valence-corrected chi connectivity index (χ4v) is 4.92. The number of rotatable bonds is 5. The molecular formula is C26H25N3OS. The van der Waals surface area contributed by atoms with Crippen LogP contribution in [0.5, 0.6) is 0 Å². The molecule has 0 spiro atoms. The van der Waals surface area contributed by atoms with Gasteiger partial charge in [0.15, 0.2) is 6.19 Å². The average Bonchev–Trinajstić information content (AvgIpc) is 3.08. The van der Waals surface area contributed by atoms with Gasteiger partial charge in [0.25, 0.3) is 5.91 Å². The number of nitrogens with one attached hydrogen (secondary N) is 1. The molecule has 5 heteroatoms. The molecule has 156 valence electrons. The van der Waals surface area contributed by atoms with E-state index in [1.54, 1.807) is 16.7 Å². The molecule has 1 aliphatic heterocycles. The lowest BCUT2D eigenvalue weighted by atomic mass is 9.90. The summed E-state index contributed by atoms with van der Waals surface area (Å²) in [6, 6.07) is 26.4. The first-order valence-corrected chi connectivity index (χ1v) is 11.2. The first kappa shape index (κ1) is 21.0. The highest BCUT2D eigenvalue weighted by atomic mass is 32.2. The highest BCUT2D eigenvalue weighted by molar-refractivity contribution is 7.99. The van der Waals surface area contributed by atoms with Crippen LogP contribution >= 0.6 is 11.8 Å². The van der Waals surface area contributed by atoms with Crippen molar-refractivity contribution in [2.75, 3.05) is 13.1 Å². The first-order chi connectivity index (χ1) is 15.0. The van der Waals surface area contributed by atoms with Crippen LogP contribution in [0.4, 0.5) is 0 Å². The van der Waals surface area contributed by atoms with Crippen molar-refractivity contribution in [3.63, 3.8) is 0 Å². The van der Waals surface area contributed by atoms with Crippen LogP contribution in [0, 0.1) is 17.4 Å². The molecule has 1 unspecified atom stereocenters. The number of carbonyl (C=O) groups excluding carboxylic acids is 1. The number of nitrogens with zero attached hydrogens (tertiary/aromatic N) is 2. The second-order valence-corrected chi connectivity index (χ2v) is 9.36. The average molecular weight is 428 g/mol. The molecule has 3 aromatic rings. The third-order valence-corrected chi connectivity index (χ3v) is 7.04. The molecule has 1 heterocycles. The minimum absolute atomic E-state index is 0.104. The molecule has 3 aromatic carbocycles. The van der Waals surface area contributed by atoms with Crippen LogP contribution in [-0.2, 0) is 0 Å². The SMILES string of the molecule is CC1CN(C#N)C[C@]1(C)NC(=O)c1ccc(-c2ccccc2Sc2ccccc2)cc1. The smallest absolute Gasteiger partial charge is 0.251 e. The first-order valence-electron chi connectivity index (χ1n) is 10.4. The zero-order valence-corrected chi connectivity index (χ0v) is 18.5. The maximum atomic E-state index is 12.9. The molecule has 0 aliphatic carbocycles. The van der Waals surface area contributed by atoms with Crippen molar-refractivity contribution in [1.82, 2.24) is 10.2 Å². The molecular weight excluding hydrogens is 402 g/mol. The van der Waals surface area contributed by atoms with Gasteiger partial charge in [0, 0.05) is 21.9 Å². The van der Waals surface area contributed by atoms with Crippen LogP contribution in [0.3, 0.4) is 0 Å². The van der Waals surface area contributed by atoms with E-state index in [0.29, 0.717) is 18.7 Å². The van der Waals surface area contributed by atoms with E-state index in [9.17, 15) is 10.1 Å². The van der Waals surface area contributed by atoms with Crippen LogP contribution in [0.2, 0.25) is 0 Å². The molecule has 1 N–H and O–H groups in total. The Bertz CT molecular complexity index is 1110. The molecule has 1 fully saturated rings. The van der Waals surface area contributed by atoms with Crippen molar-refractivity contribution in [2.24, 2.45) is 5.92 Å². The van der Waals surface area contributed by atoms with Crippen LogP contribution in [-0.4, -0.2) is 29.4 Å². The molecule has 0 saturated carbocycles. The lowest BCUT2D eigenvalue weighted by Gasteiger charge is -2.29. The van der Waals surface area contributed by atoms with E-state index in [4.69, 9.17) is 0 Å². The van der Waals surface area contributed by atoms with Gasteiger partial charge in [0.2, 0.25) is 0 Å². The third kappa shape index (κ3) is 4.60. The Morgan fingerprint density at radius 3 is 2.42 bits per heavy atom. The molecule has 1 aliphatic rings. The van der Waals surface area contributed by atoms with E-state index in [0.717, 1.165) is 11.1 Å². The standard InChI is InChI=1S/C26H25N3OS/c1-19-16-29(18-27)17-26(19,2)28-25(30)21-14-12-20(13-15-21)23-10-6-7-11-24(23)31-22-8-4-3-5-9-22/h3-15,19H,16-17H2,1-2H3,(H,28,30)/t19?,26-/m0/s1. The largest absolute Gasteiger partial charge is 0.345 e. The van der Waals surface area contributed by atoms with Crippen molar-refractivity contribution >= 4 is 17.7 Å². The number of nitriles is 1. The molecule has 31 heavy (non-hydrogen) atoms. The lowest BCUT2D eigenvalue weighted by molar-refractivity contribution is 0.0894. The summed E-state index contributed by atoms with van der Waals surface area (Å²) in [7, 11) is 0. The summed E-state index contributed by atoms with van der Waals surface area (Å²) in [6.07, 6.45) is 2.19. The molecule has 0 bridgehead atoms. The van der Waals surface area contributed by atoms with Gasteiger partial charge in [-0.3, -0.25) is 4.79 Å². The van der Waals surface area contributed by atoms with E-state index in [1.807, 2.05) is 61.5 Å². The highest BCUT2D eigenvalue weighted by Crippen LogP contribution is 2.36. The van der Waals surface area contributed by atoms with Gasteiger partial charge in [0.05, 0.1) is 12.1 Å². The van der Waals surface area contributed by atoms with Gasteiger partial charge in [-0.05, 0) is 54.3 Å². The van der Waals surface area contributed by atoms with E-state index in [2.05, 4.69) is 42.7 Å². The minimum Gasteiger partial charge on any atom is -0.345 e. The fraction of sp³-hybridized carbons (Fsp3) is 0.231. The van der Waals surface area contributed by atoms with Crippen molar-refractivity contribution < 1.29 is 4.79 Å². The van der Waals surface area contributed by atoms with Crippen LogP contribution in [0.25, 0.3) is 11.1 Å². The summed E-state index contributed by atoms with van der Waals surface area (Å²) >= 11 is 1.73. The Balaban J connectivity index is 1.52. The summed E-state index contributed by atoms with van der Waals surface area (Å²) in [4.78, 5) is 17.0. The number of hydrogen-bond donors (Lipinski definition) is 1. The number of benzene rings is 3. The van der Waals surface area contributed by atoms with E-state index < -0.39 is 5.54 Å². The van der Waals surface area contributed by atoms with Gasteiger partial charge >= 0.3 is 0 Å². The molecule has 4 nitrogen and oxygen atoms in total. The predicted octanol–water partition coefficient (Wildman–Crippen LogP) is 5.43. The number of amides is 1. The zero-order chi connectivity index (χ0) is 21.8. The summed E-state index contributed by atoms with van der Waals surface area (Å²) < 4.78 is 0. The lowest BCUT2D eigenvalue weighted by Crippen LogP contribution is -2.51. The highest BCUT2D eigenvalue weighted by Gasteiger charge is 2.41. The van der Waals surface area contributed by atoms with Gasteiger partial charge in [-0.15, -0.1) is 0 Å². The van der Waals surface area contributed by atoms with Gasteiger partial charge in [-0.2, -0.15) is 5.26 Å². The maximum absolute atomic E-state index is 12.9. The number of hydrogen-bond acceptors (Lipinski definition) is 4. The predicted molar refractivity (Wildman–Crippen MR) is 125 cm³/mol. The fourth-order valence-electron chi connectivity index (χ4n) is 3.93. The minimum atomic E-state index is -0.412. The molecule has 1 amide bonds.